The van der Waals surface area contributed by atoms with Crippen LogP contribution in [0.5, 0.6) is 0 Å². The van der Waals surface area contributed by atoms with E-state index < -0.39 is 0 Å². The summed E-state index contributed by atoms with van der Waals surface area (Å²) in [4.78, 5) is 4.78. The van der Waals surface area contributed by atoms with Gasteiger partial charge in [0.05, 0.1) is 0 Å². The number of rotatable bonds is 6. The fraction of sp³-hybridized carbons (Fsp3) is 0.875. The maximum Gasteiger partial charge on any atom is 0.114 e. The molecular weight excluding hydrogens is 126 g/mol. The van der Waals surface area contributed by atoms with E-state index in [-0.39, 0.29) is 0 Å². The van der Waals surface area contributed by atoms with Crippen LogP contribution >= 0.6 is 0 Å². The molecule has 0 saturated heterocycles. The molecular formula is C8H17NO. The molecule has 0 bridgehead atoms. The van der Waals surface area contributed by atoms with Crippen molar-refractivity contribution in [2.75, 3.05) is 6.61 Å². The van der Waals surface area contributed by atoms with Crippen LogP contribution in [0.25, 0.3) is 0 Å². The van der Waals surface area contributed by atoms with Crippen molar-refractivity contribution in [2.24, 2.45) is 5.16 Å². The van der Waals surface area contributed by atoms with Crippen LogP contribution in [0.3, 0.4) is 0 Å². The van der Waals surface area contributed by atoms with Crippen LogP contribution in [0, 0.1) is 0 Å². The van der Waals surface area contributed by atoms with Crippen LogP contribution in [0.4, 0.5) is 0 Å². The van der Waals surface area contributed by atoms with Crippen molar-refractivity contribution in [1.29, 1.82) is 0 Å². The molecule has 0 aliphatic heterocycles. The minimum atomic E-state index is 0.671. The lowest BCUT2D eigenvalue weighted by atomic mass is 10.2. The Morgan fingerprint density at radius 1 is 1.30 bits per heavy atom. The van der Waals surface area contributed by atoms with Crippen molar-refractivity contribution in [3.05, 3.63) is 0 Å². The Labute approximate surface area is 63.3 Å². The molecule has 0 aromatic carbocycles. The predicted molar refractivity (Wildman–Crippen MR) is 44.3 cm³/mol. The van der Waals surface area contributed by atoms with Gasteiger partial charge in [0, 0.05) is 6.21 Å². The molecule has 0 amide bonds. The first-order valence-corrected chi connectivity index (χ1v) is 4.05. The van der Waals surface area contributed by atoms with Gasteiger partial charge in [-0.15, -0.1) is 0 Å². The average Bonchev–Trinajstić information content (AvgIpc) is 1.97. The average molecular weight is 143 g/mol. The fourth-order valence-corrected chi connectivity index (χ4v) is 0.666. The third-order valence-corrected chi connectivity index (χ3v) is 1.21. The van der Waals surface area contributed by atoms with Gasteiger partial charge in [0.2, 0.25) is 0 Å². The smallest absolute Gasteiger partial charge is 0.114 e. The van der Waals surface area contributed by atoms with Crippen LogP contribution < -0.4 is 0 Å². The Bertz CT molecular complexity index is 81.3. The minimum absolute atomic E-state index is 0.671. The summed E-state index contributed by atoms with van der Waals surface area (Å²) in [7, 11) is 0. The lowest BCUT2D eigenvalue weighted by Crippen LogP contribution is -1.81. The number of hydrogen-bond donors (Lipinski definition) is 0. The van der Waals surface area contributed by atoms with Gasteiger partial charge >= 0.3 is 0 Å². The van der Waals surface area contributed by atoms with E-state index in [2.05, 4.69) is 12.1 Å². The molecule has 10 heavy (non-hydrogen) atoms. The van der Waals surface area contributed by atoms with Gasteiger partial charge in [-0.3, -0.25) is 0 Å². The van der Waals surface area contributed by atoms with Gasteiger partial charge < -0.3 is 4.84 Å². The van der Waals surface area contributed by atoms with Crippen molar-refractivity contribution >= 4 is 6.21 Å². The zero-order valence-electron chi connectivity index (χ0n) is 6.97. The molecule has 0 aromatic heterocycles. The van der Waals surface area contributed by atoms with E-state index in [1.807, 2.05) is 13.1 Å². The van der Waals surface area contributed by atoms with Gasteiger partial charge in [-0.1, -0.05) is 24.9 Å². The van der Waals surface area contributed by atoms with Crippen LogP contribution in [0.2, 0.25) is 0 Å². The molecule has 0 fully saturated rings. The zero-order chi connectivity index (χ0) is 7.66. The highest BCUT2D eigenvalue weighted by Gasteiger charge is 1.81. The maximum absolute atomic E-state index is 4.78. The number of nitrogens with zero attached hydrogens (tertiary/aromatic N) is 1. The van der Waals surface area contributed by atoms with Gasteiger partial charge in [-0.05, 0) is 19.8 Å². The largest absolute Gasteiger partial charge is 0.396 e. The third-order valence-electron chi connectivity index (χ3n) is 1.21. The first-order chi connectivity index (χ1) is 4.91. The molecule has 0 spiro atoms. The lowest BCUT2D eigenvalue weighted by Gasteiger charge is -1.91. The number of hydrogen-bond acceptors (Lipinski definition) is 2. The van der Waals surface area contributed by atoms with Crippen LogP contribution in [0.1, 0.15) is 39.5 Å². The number of unbranched alkanes of at least 4 members (excludes halogenated alkanes) is 3. The first kappa shape index (κ1) is 9.47. The van der Waals surface area contributed by atoms with E-state index in [9.17, 15) is 0 Å². The fourth-order valence-electron chi connectivity index (χ4n) is 0.666. The second-order valence-corrected chi connectivity index (χ2v) is 2.20. The molecule has 0 aliphatic rings. The molecule has 0 unspecified atom stereocenters. The van der Waals surface area contributed by atoms with E-state index in [0.717, 1.165) is 6.42 Å². The predicted octanol–water partition coefficient (Wildman–Crippen LogP) is 2.59. The summed E-state index contributed by atoms with van der Waals surface area (Å²) in [5.41, 5.74) is 0. The summed E-state index contributed by atoms with van der Waals surface area (Å²) in [5.74, 6) is 0. The van der Waals surface area contributed by atoms with Gasteiger partial charge in [0.25, 0.3) is 0 Å². The highest BCUT2D eigenvalue weighted by Crippen LogP contribution is 1.95. The van der Waals surface area contributed by atoms with Gasteiger partial charge in [-0.2, -0.15) is 0 Å². The Balaban J connectivity index is 2.88. The molecule has 0 aromatic rings. The standard InChI is InChI=1S/C8H17NO/c1-3-5-6-7-8-9-10-4-2/h8H,3-7H2,1-2H3. The molecule has 2 heteroatoms. The van der Waals surface area contributed by atoms with Crippen molar-refractivity contribution in [2.45, 2.75) is 39.5 Å². The molecule has 0 radical (unpaired) electrons. The quantitative estimate of drug-likeness (QED) is 0.318. The summed E-state index contributed by atoms with van der Waals surface area (Å²) >= 11 is 0. The molecule has 0 atom stereocenters. The second-order valence-electron chi connectivity index (χ2n) is 2.20. The van der Waals surface area contributed by atoms with Crippen molar-refractivity contribution in [3.8, 4) is 0 Å². The molecule has 0 aliphatic carbocycles. The SMILES string of the molecule is CCCCCC=NOCC. The zero-order valence-corrected chi connectivity index (χ0v) is 6.97. The highest BCUT2D eigenvalue weighted by molar-refractivity contribution is 5.55. The topological polar surface area (TPSA) is 21.6 Å². The molecule has 0 N–H and O–H groups in total. The summed E-state index contributed by atoms with van der Waals surface area (Å²) in [6.07, 6.45) is 6.68. The minimum Gasteiger partial charge on any atom is -0.396 e. The van der Waals surface area contributed by atoms with E-state index in [1.165, 1.54) is 19.3 Å². The van der Waals surface area contributed by atoms with E-state index >= 15 is 0 Å². The lowest BCUT2D eigenvalue weighted by molar-refractivity contribution is 0.160. The van der Waals surface area contributed by atoms with Crippen LogP contribution in [-0.4, -0.2) is 12.8 Å². The number of oxime groups is 1. The van der Waals surface area contributed by atoms with Crippen LogP contribution in [-0.2, 0) is 4.84 Å². The second kappa shape index (κ2) is 8.47. The summed E-state index contributed by atoms with van der Waals surface area (Å²) in [6.45, 7) is 4.80. The first-order valence-electron chi connectivity index (χ1n) is 4.05. The monoisotopic (exact) mass is 143 g/mol. The van der Waals surface area contributed by atoms with E-state index in [1.54, 1.807) is 0 Å². The third kappa shape index (κ3) is 7.47. The van der Waals surface area contributed by atoms with E-state index in [0.29, 0.717) is 6.61 Å². The van der Waals surface area contributed by atoms with E-state index in [4.69, 9.17) is 4.84 Å². The van der Waals surface area contributed by atoms with Crippen molar-refractivity contribution in [3.63, 3.8) is 0 Å². The summed E-state index contributed by atoms with van der Waals surface area (Å²) in [6, 6.07) is 0. The summed E-state index contributed by atoms with van der Waals surface area (Å²) in [5, 5.41) is 3.74. The summed E-state index contributed by atoms with van der Waals surface area (Å²) < 4.78 is 0. The van der Waals surface area contributed by atoms with Crippen molar-refractivity contribution in [1.82, 2.24) is 0 Å². The van der Waals surface area contributed by atoms with Gasteiger partial charge in [0.1, 0.15) is 6.61 Å². The van der Waals surface area contributed by atoms with Gasteiger partial charge in [-0.25, -0.2) is 0 Å². The van der Waals surface area contributed by atoms with Crippen molar-refractivity contribution < 1.29 is 4.84 Å². The Morgan fingerprint density at radius 3 is 2.70 bits per heavy atom. The molecule has 0 heterocycles. The highest BCUT2D eigenvalue weighted by atomic mass is 16.6. The molecule has 0 rings (SSSR count). The maximum atomic E-state index is 4.78. The normalized spacial score (nSPS) is 10.6. The molecule has 0 saturated carbocycles. The Morgan fingerprint density at radius 2 is 2.10 bits per heavy atom. The Hall–Kier alpha value is -0.530. The molecule has 60 valence electrons. The molecule has 2 nitrogen and oxygen atoms in total. The van der Waals surface area contributed by atoms with Crippen LogP contribution in [0.15, 0.2) is 5.16 Å². The Kier molecular flexibility index (Phi) is 8.02. The van der Waals surface area contributed by atoms with Gasteiger partial charge in [0.15, 0.2) is 0 Å².